The van der Waals surface area contributed by atoms with Gasteiger partial charge in [0, 0.05) is 0 Å². The van der Waals surface area contributed by atoms with Crippen LogP contribution in [0.3, 0.4) is 0 Å². The van der Waals surface area contributed by atoms with Crippen LogP contribution < -0.4 is 0 Å². The lowest BCUT2D eigenvalue weighted by atomic mass is 10.0. The van der Waals surface area contributed by atoms with E-state index >= 15 is 0 Å². The Hall–Kier alpha value is -1.05. The van der Waals surface area contributed by atoms with Gasteiger partial charge in [0.1, 0.15) is 0 Å². The van der Waals surface area contributed by atoms with Crippen LogP contribution in [0, 0.1) is 5.92 Å². The Bertz CT molecular complexity index is 211. The van der Waals surface area contributed by atoms with Crippen LogP contribution in [0.5, 0.6) is 0 Å². The molecule has 0 spiro atoms. The van der Waals surface area contributed by atoms with Gasteiger partial charge in [-0.1, -0.05) is 12.2 Å². The summed E-state index contributed by atoms with van der Waals surface area (Å²) in [5.74, 6) is -1.23. The first-order valence-corrected chi connectivity index (χ1v) is 3.35. The molecule has 0 saturated carbocycles. The van der Waals surface area contributed by atoms with Gasteiger partial charge < -0.3 is 4.74 Å². The Morgan fingerprint density at radius 2 is 2.18 bits per heavy atom. The normalized spacial score (nSPS) is 14.5. The fourth-order valence-corrected chi connectivity index (χ4v) is 0.774. The number of allylic oxidation sites excluding steroid dienone is 2. The second-order valence-corrected chi connectivity index (χ2v) is 2.17. The van der Waals surface area contributed by atoms with Crippen LogP contribution in [0.4, 0.5) is 0 Å². The van der Waals surface area contributed by atoms with Crippen LogP contribution in [-0.2, 0) is 9.53 Å². The molecule has 0 radical (unpaired) electrons. The average Bonchev–Trinajstić information content (AvgIpc) is 2.01. The number of hydrogen-bond acceptors (Lipinski definition) is 2. The molecule has 0 amide bonds. The van der Waals surface area contributed by atoms with Crippen molar-refractivity contribution in [2.75, 3.05) is 7.04 Å². The molecule has 0 bridgehead atoms. The Morgan fingerprint density at radius 3 is 2.55 bits per heavy atom. The van der Waals surface area contributed by atoms with Crippen molar-refractivity contribution in [1.82, 2.24) is 0 Å². The summed E-state index contributed by atoms with van der Waals surface area (Å²) in [6, 6.07) is 0. The largest absolute Gasteiger partial charge is 0.469 e. The van der Waals surface area contributed by atoms with E-state index < -0.39 is 18.9 Å². The standard InChI is InChI=1S/C9H14O2/c1-4-6-8(7-5-2)9(10)11-3/h4-5,8H,1-2,6-7H2,3H3/i3D3. The van der Waals surface area contributed by atoms with Crippen LogP contribution in [-0.4, -0.2) is 13.0 Å². The zero-order valence-corrected chi connectivity index (χ0v) is 6.38. The molecule has 0 unspecified atom stereocenters. The molecule has 0 atom stereocenters. The van der Waals surface area contributed by atoms with Crippen molar-refractivity contribution in [3.63, 3.8) is 0 Å². The van der Waals surface area contributed by atoms with E-state index in [0.29, 0.717) is 12.8 Å². The maximum Gasteiger partial charge on any atom is 0.309 e. The molecule has 11 heavy (non-hydrogen) atoms. The predicted octanol–water partition coefficient (Wildman–Crippen LogP) is 1.93. The van der Waals surface area contributed by atoms with Crippen molar-refractivity contribution in [3.05, 3.63) is 25.3 Å². The Kier molecular flexibility index (Phi) is 2.90. The van der Waals surface area contributed by atoms with Gasteiger partial charge in [-0.2, -0.15) is 0 Å². The lowest BCUT2D eigenvalue weighted by Crippen LogP contribution is -2.14. The molecule has 0 aliphatic rings. The van der Waals surface area contributed by atoms with Crippen molar-refractivity contribution in [2.45, 2.75) is 12.8 Å². The molecule has 62 valence electrons. The summed E-state index contributed by atoms with van der Waals surface area (Å²) in [4.78, 5) is 11.3. The van der Waals surface area contributed by atoms with Gasteiger partial charge in [-0.05, 0) is 12.8 Å². The first-order valence-electron chi connectivity index (χ1n) is 4.85. The molecular weight excluding hydrogens is 140 g/mol. The van der Waals surface area contributed by atoms with E-state index in [2.05, 4.69) is 17.9 Å². The highest BCUT2D eigenvalue weighted by atomic mass is 16.5. The fraction of sp³-hybridized carbons (Fsp3) is 0.444. The van der Waals surface area contributed by atoms with Gasteiger partial charge >= 0.3 is 5.97 Å². The highest BCUT2D eigenvalue weighted by molar-refractivity contribution is 5.72. The SMILES string of the molecule is [2H]C([2H])([2H])OC(=O)C(CC=C)CC=C. The fourth-order valence-electron chi connectivity index (χ4n) is 0.774. The quantitative estimate of drug-likeness (QED) is 0.450. The van der Waals surface area contributed by atoms with Crippen LogP contribution in [0.2, 0.25) is 0 Å². The van der Waals surface area contributed by atoms with Gasteiger partial charge in [-0.25, -0.2) is 0 Å². The zero-order valence-electron chi connectivity index (χ0n) is 9.38. The summed E-state index contributed by atoms with van der Waals surface area (Å²) < 4.78 is 24.5. The third-order valence-corrected chi connectivity index (χ3v) is 1.34. The lowest BCUT2D eigenvalue weighted by molar-refractivity contribution is -0.145. The number of carbonyl (C=O) groups excluding carboxylic acids is 1. The molecule has 0 aromatic carbocycles. The monoisotopic (exact) mass is 157 g/mol. The number of carbonyl (C=O) groups is 1. The number of rotatable bonds is 5. The topological polar surface area (TPSA) is 26.3 Å². The molecule has 0 rings (SSSR count). The smallest absolute Gasteiger partial charge is 0.309 e. The molecule has 0 aliphatic heterocycles. The minimum absolute atomic E-state index is 0.390. The Balaban J connectivity index is 4.28. The molecular formula is C9H14O2. The maximum absolute atomic E-state index is 11.3. The van der Waals surface area contributed by atoms with Gasteiger partial charge in [-0.3, -0.25) is 4.79 Å². The van der Waals surface area contributed by atoms with E-state index in [-0.39, 0.29) is 0 Å². The predicted molar refractivity (Wildman–Crippen MR) is 45.1 cm³/mol. The summed E-state index contributed by atoms with van der Waals surface area (Å²) in [7, 11) is -2.67. The van der Waals surface area contributed by atoms with Crippen molar-refractivity contribution in [1.29, 1.82) is 0 Å². The van der Waals surface area contributed by atoms with E-state index in [9.17, 15) is 4.79 Å². The van der Waals surface area contributed by atoms with Crippen LogP contribution in [0.1, 0.15) is 17.0 Å². The van der Waals surface area contributed by atoms with Gasteiger partial charge in [0.15, 0.2) is 0 Å². The van der Waals surface area contributed by atoms with E-state index in [4.69, 9.17) is 4.11 Å². The third kappa shape index (κ3) is 3.61. The van der Waals surface area contributed by atoms with Crippen LogP contribution in [0.15, 0.2) is 25.3 Å². The third-order valence-electron chi connectivity index (χ3n) is 1.34. The summed E-state index contributed by atoms with van der Waals surface area (Å²) >= 11 is 0. The summed E-state index contributed by atoms with van der Waals surface area (Å²) in [5, 5.41) is 0. The number of ether oxygens (including phenoxy) is 1. The number of methoxy groups -OCH3 is 1. The Labute approximate surface area is 71.8 Å². The first kappa shape index (κ1) is 5.58. The Morgan fingerprint density at radius 1 is 1.64 bits per heavy atom. The highest BCUT2D eigenvalue weighted by Crippen LogP contribution is 2.10. The number of esters is 1. The highest BCUT2D eigenvalue weighted by Gasteiger charge is 2.14. The van der Waals surface area contributed by atoms with Crippen molar-refractivity contribution in [3.8, 4) is 0 Å². The van der Waals surface area contributed by atoms with Crippen molar-refractivity contribution >= 4 is 5.97 Å². The molecule has 0 heterocycles. The van der Waals surface area contributed by atoms with Gasteiger partial charge in [0.25, 0.3) is 0 Å². The molecule has 0 aliphatic carbocycles. The van der Waals surface area contributed by atoms with Gasteiger partial charge in [0.2, 0.25) is 0 Å². The average molecular weight is 157 g/mol. The van der Waals surface area contributed by atoms with E-state index in [1.807, 2.05) is 0 Å². The van der Waals surface area contributed by atoms with Crippen molar-refractivity contribution < 1.29 is 13.6 Å². The van der Waals surface area contributed by atoms with E-state index in [0.717, 1.165) is 0 Å². The lowest BCUT2D eigenvalue weighted by Gasteiger charge is -2.08. The molecule has 0 aromatic heterocycles. The number of hydrogen-bond donors (Lipinski definition) is 0. The molecule has 0 fully saturated rings. The molecule has 0 aromatic rings. The summed E-state index contributed by atoms with van der Waals surface area (Å²) in [6.45, 7) is 6.96. The first-order chi connectivity index (χ1) is 6.40. The zero-order chi connectivity index (χ0) is 11.2. The maximum atomic E-state index is 11.3. The van der Waals surface area contributed by atoms with E-state index in [1.54, 1.807) is 12.2 Å². The molecule has 2 nitrogen and oxygen atoms in total. The second kappa shape index (κ2) is 5.71. The molecule has 0 saturated heterocycles. The second-order valence-electron chi connectivity index (χ2n) is 2.17. The molecule has 0 N–H and O–H groups in total. The minimum atomic E-state index is -2.67. The van der Waals surface area contributed by atoms with Crippen molar-refractivity contribution in [2.24, 2.45) is 5.92 Å². The summed E-state index contributed by atoms with van der Waals surface area (Å²) in [5.41, 5.74) is 0. The minimum Gasteiger partial charge on any atom is -0.469 e. The van der Waals surface area contributed by atoms with Gasteiger partial charge in [0.05, 0.1) is 17.1 Å². The van der Waals surface area contributed by atoms with Crippen LogP contribution in [0.25, 0.3) is 0 Å². The summed E-state index contributed by atoms with van der Waals surface area (Å²) in [6.07, 6.45) is 3.88. The van der Waals surface area contributed by atoms with E-state index in [1.165, 1.54) is 0 Å². The van der Waals surface area contributed by atoms with Crippen LogP contribution >= 0.6 is 0 Å². The molecule has 2 heteroatoms. The van der Waals surface area contributed by atoms with Gasteiger partial charge in [-0.15, -0.1) is 13.2 Å².